The summed E-state index contributed by atoms with van der Waals surface area (Å²) in [6.45, 7) is 3.44. The van der Waals surface area contributed by atoms with Crippen LogP contribution >= 0.6 is 0 Å². The number of rotatable bonds is 5. The molecule has 1 amide bonds. The van der Waals surface area contributed by atoms with E-state index in [1.165, 1.54) is 6.07 Å². The second-order valence-electron chi connectivity index (χ2n) is 6.83. The lowest BCUT2D eigenvalue weighted by molar-refractivity contribution is -0.121. The van der Waals surface area contributed by atoms with E-state index in [4.69, 9.17) is 0 Å². The molecule has 0 unspecified atom stereocenters. The van der Waals surface area contributed by atoms with Crippen molar-refractivity contribution in [3.05, 3.63) is 47.5 Å². The number of nitrogens with zero attached hydrogens (tertiary/aromatic N) is 3. The number of anilines is 1. The van der Waals surface area contributed by atoms with Gasteiger partial charge in [0.25, 0.3) is 0 Å². The largest absolute Gasteiger partial charge is 0.367 e. The zero-order chi connectivity index (χ0) is 17.8. The third-order valence-corrected chi connectivity index (χ3v) is 4.63. The second-order valence-corrected chi connectivity index (χ2v) is 6.83. The van der Waals surface area contributed by atoms with E-state index in [1.54, 1.807) is 16.9 Å². The van der Waals surface area contributed by atoms with Crippen LogP contribution in [-0.4, -0.2) is 34.8 Å². The van der Waals surface area contributed by atoms with Crippen LogP contribution in [0.5, 0.6) is 0 Å². The molecular weight excluding hydrogens is 319 g/mol. The summed E-state index contributed by atoms with van der Waals surface area (Å²) < 4.78 is 15.9. The van der Waals surface area contributed by atoms with Gasteiger partial charge in [0.15, 0.2) is 0 Å². The Bertz CT molecular complexity index is 743. The highest BCUT2D eigenvalue weighted by molar-refractivity contribution is 5.76. The molecule has 2 heterocycles. The summed E-state index contributed by atoms with van der Waals surface area (Å²) in [5, 5.41) is 7.21. The molecule has 5 nitrogen and oxygen atoms in total. The van der Waals surface area contributed by atoms with Gasteiger partial charge < -0.3 is 10.2 Å². The van der Waals surface area contributed by atoms with E-state index in [0.717, 1.165) is 30.5 Å². The smallest absolute Gasteiger partial charge is 0.220 e. The maximum Gasteiger partial charge on any atom is 0.220 e. The fourth-order valence-electron chi connectivity index (χ4n) is 3.34. The minimum absolute atomic E-state index is 0.0421. The summed E-state index contributed by atoms with van der Waals surface area (Å²) in [7, 11) is 1.87. The van der Waals surface area contributed by atoms with Crippen molar-refractivity contribution >= 4 is 11.6 Å². The molecule has 1 atom stereocenters. The Morgan fingerprint density at radius 1 is 1.44 bits per heavy atom. The molecule has 0 aliphatic carbocycles. The normalized spacial score (nSPS) is 17.6. The highest BCUT2D eigenvalue weighted by Crippen LogP contribution is 2.24. The van der Waals surface area contributed by atoms with Gasteiger partial charge in [-0.15, -0.1) is 0 Å². The van der Waals surface area contributed by atoms with E-state index in [-0.39, 0.29) is 17.8 Å². The van der Waals surface area contributed by atoms with Gasteiger partial charge in [0.2, 0.25) is 5.91 Å². The van der Waals surface area contributed by atoms with Gasteiger partial charge in [-0.3, -0.25) is 9.48 Å². The van der Waals surface area contributed by atoms with Crippen LogP contribution in [0.25, 0.3) is 0 Å². The van der Waals surface area contributed by atoms with E-state index < -0.39 is 0 Å². The van der Waals surface area contributed by atoms with Gasteiger partial charge in [-0.05, 0) is 49.4 Å². The molecule has 0 bridgehead atoms. The van der Waals surface area contributed by atoms with Crippen molar-refractivity contribution < 1.29 is 9.18 Å². The fraction of sp³-hybridized carbons (Fsp3) is 0.474. The van der Waals surface area contributed by atoms with Crippen LogP contribution in [0.3, 0.4) is 0 Å². The molecule has 0 saturated carbocycles. The number of nitrogens with one attached hydrogen (secondary N) is 1. The zero-order valence-corrected chi connectivity index (χ0v) is 14.8. The van der Waals surface area contributed by atoms with Gasteiger partial charge in [-0.2, -0.15) is 5.10 Å². The molecule has 1 aliphatic heterocycles. The molecule has 1 aromatic carbocycles. The number of amides is 1. The average Bonchev–Trinajstić information content (AvgIpc) is 3.01. The number of carbonyl (C=O) groups excluding carboxylic acids is 1. The molecule has 1 fully saturated rings. The summed E-state index contributed by atoms with van der Waals surface area (Å²) in [6.07, 6.45) is 6.72. The van der Waals surface area contributed by atoms with Gasteiger partial charge in [0, 0.05) is 38.8 Å². The van der Waals surface area contributed by atoms with Gasteiger partial charge in [-0.1, -0.05) is 6.07 Å². The molecule has 1 saturated heterocycles. The predicted octanol–water partition coefficient (Wildman–Crippen LogP) is 2.59. The van der Waals surface area contributed by atoms with Gasteiger partial charge in [0.05, 0.1) is 11.9 Å². The molecule has 0 spiro atoms. The Labute approximate surface area is 147 Å². The molecule has 1 N–H and O–H groups in total. The van der Waals surface area contributed by atoms with Crippen molar-refractivity contribution in [2.45, 2.75) is 38.6 Å². The van der Waals surface area contributed by atoms with Crippen LogP contribution in [-0.2, 0) is 18.3 Å². The fourth-order valence-corrected chi connectivity index (χ4v) is 3.34. The number of hydrogen-bond acceptors (Lipinski definition) is 3. The van der Waals surface area contributed by atoms with Gasteiger partial charge in [0.1, 0.15) is 5.82 Å². The monoisotopic (exact) mass is 344 g/mol. The molecule has 0 radical (unpaired) electrons. The summed E-state index contributed by atoms with van der Waals surface area (Å²) in [5.74, 6) is -0.158. The molecule has 25 heavy (non-hydrogen) atoms. The average molecular weight is 344 g/mol. The van der Waals surface area contributed by atoms with Crippen LogP contribution in [0.1, 0.15) is 30.4 Å². The van der Waals surface area contributed by atoms with Crippen LogP contribution in [0.4, 0.5) is 10.1 Å². The number of aromatic nitrogens is 2. The van der Waals surface area contributed by atoms with Crippen molar-refractivity contribution in [1.82, 2.24) is 15.1 Å². The van der Waals surface area contributed by atoms with E-state index in [1.807, 2.05) is 31.1 Å². The lowest BCUT2D eigenvalue weighted by Crippen LogP contribution is -2.48. The van der Waals surface area contributed by atoms with Crippen LogP contribution in [0.2, 0.25) is 0 Å². The van der Waals surface area contributed by atoms with Crippen LogP contribution in [0, 0.1) is 12.7 Å². The number of halogens is 1. The number of benzene rings is 1. The Kier molecular flexibility index (Phi) is 5.36. The number of piperidine rings is 1. The lowest BCUT2D eigenvalue weighted by atomic mass is 10.0. The molecular formula is C19H25FN4O. The Morgan fingerprint density at radius 3 is 3.04 bits per heavy atom. The molecule has 134 valence electrons. The number of aryl methyl sites for hydroxylation is 3. The Morgan fingerprint density at radius 2 is 2.28 bits per heavy atom. The van der Waals surface area contributed by atoms with Gasteiger partial charge in [-0.25, -0.2) is 4.39 Å². The van der Waals surface area contributed by atoms with Crippen molar-refractivity contribution in [2.75, 3.05) is 18.0 Å². The third-order valence-electron chi connectivity index (χ3n) is 4.63. The first-order chi connectivity index (χ1) is 12.0. The molecule has 2 aromatic rings. The SMILES string of the molecule is Cc1ccc(F)c(N2CCC[C@H](NC(=O)CCc3cnn(C)c3)C2)c1. The minimum Gasteiger partial charge on any atom is -0.367 e. The molecule has 6 heteroatoms. The van der Waals surface area contributed by atoms with E-state index >= 15 is 0 Å². The summed E-state index contributed by atoms with van der Waals surface area (Å²) >= 11 is 0. The summed E-state index contributed by atoms with van der Waals surface area (Å²) in [6, 6.07) is 5.23. The number of carbonyl (C=O) groups is 1. The Balaban J connectivity index is 1.54. The topological polar surface area (TPSA) is 50.2 Å². The summed E-state index contributed by atoms with van der Waals surface area (Å²) in [4.78, 5) is 14.3. The molecule has 3 rings (SSSR count). The zero-order valence-electron chi connectivity index (χ0n) is 14.8. The standard InChI is InChI=1S/C19H25FN4O/c1-14-5-7-17(20)18(10-14)24-9-3-4-16(13-24)22-19(25)8-6-15-11-21-23(2)12-15/h5,7,10-12,16H,3-4,6,8-9,13H2,1-2H3,(H,22,25)/t16-/m0/s1. The Hall–Kier alpha value is -2.37. The van der Waals surface area contributed by atoms with E-state index in [9.17, 15) is 9.18 Å². The van der Waals surface area contributed by atoms with Crippen LogP contribution < -0.4 is 10.2 Å². The first-order valence-electron chi connectivity index (χ1n) is 8.79. The van der Waals surface area contributed by atoms with E-state index in [2.05, 4.69) is 10.4 Å². The highest BCUT2D eigenvalue weighted by atomic mass is 19.1. The molecule has 1 aromatic heterocycles. The third kappa shape index (κ3) is 4.59. The maximum absolute atomic E-state index is 14.1. The van der Waals surface area contributed by atoms with Crippen molar-refractivity contribution in [3.8, 4) is 0 Å². The summed E-state index contributed by atoms with van der Waals surface area (Å²) in [5.41, 5.74) is 2.73. The first-order valence-corrected chi connectivity index (χ1v) is 8.79. The van der Waals surface area contributed by atoms with Crippen LogP contribution in [0.15, 0.2) is 30.6 Å². The van der Waals surface area contributed by atoms with Crippen molar-refractivity contribution in [3.63, 3.8) is 0 Å². The first kappa shape index (κ1) is 17.5. The highest BCUT2D eigenvalue weighted by Gasteiger charge is 2.23. The lowest BCUT2D eigenvalue weighted by Gasteiger charge is -2.35. The van der Waals surface area contributed by atoms with Gasteiger partial charge >= 0.3 is 0 Å². The second kappa shape index (κ2) is 7.68. The number of hydrogen-bond donors (Lipinski definition) is 1. The van der Waals surface area contributed by atoms with Crippen molar-refractivity contribution in [2.24, 2.45) is 7.05 Å². The predicted molar refractivity (Wildman–Crippen MR) is 96.0 cm³/mol. The minimum atomic E-state index is -0.200. The van der Waals surface area contributed by atoms with E-state index in [0.29, 0.717) is 25.1 Å². The quantitative estimate of drug-likeness (QED) is 0.907. The van der Waals surface area contributed by atoms with Crippen molar-refractivity contribution in [1.29, 1.82) is 0 Å². The maximum atomic E-state index is 14.1. The molecule has 1 aliphatic rings.